The Morgan fingerprint density at radius 1 is 0.778 bits per heavy atom. The standard InChI is InChI=1S/C29H31FN6/c30-22-15-18(9-11-21(22)26-16-33-28(35-26)24-6-2-12-31-24)17-8-10-20-19(14-17)4-1-5-23-27(20)36-29(34-23)25-7-3-13-32-25/h8-11,14-16,24-25,31-32H,1-7,12-13H2,(H,33,35)(H,34,36)/t24-,25-/m0/s1. The highest BCUT2D eigenvalue weighted by molar-refractivity contribution is 5.75. The van der Waals surface area contributed by atoms with Gasteiger partial charge in [0.1, 0.15) is 17.5 Å². The summed E-state index contributed by atoms with van der Waals surface area (Å²) in [6.07, 6.45) is 9.36. The highest BCUT2D eigenvalue weighted by Crippen LogP contribution is 2.36. The molecule has 0 amide bonds. The summed E-state index contributed by atoms with van der Waals surface area (Å²) in [5.74, 6) is 1.72. The molecular weight excluding hydrogens is 451 g/mol. The third-order valence-electron chi connectivity index (χ3n) is 8.00. The smallest absolute Gasteiger partial charge is 0.133 e. The molecule has 0 bridgehead atoms. The maximum Gasteiger partial charge on any atom is 0.133 e. The van der Waals surface area contributed by atoms with Gasteiger partial charge in [0.15, 0.2) is 0 Å². The second-order valence-electron chi connectivity index (χ2n) is 10.3. The van der Waals surface area contributed by atoms with Gasteiger partial charge in [-0.1, -0.05) is 24.3 Å². The van der Waals surface area contributed by atoms with Crippen molar-refractivity contribution in [3.05, 3.63) is 71.3 Å². The van der Waals surface area contributed by atoms with E-state index in [2.05, 4.69) is 43.8 Å². The molecule has 0 saturated carbocycles. The molecule has 0 radical (unpaired) electrons. The summed E-state index contributed by atoms with van der Waals surface area (Å²) in [6.45, 7) is 2.06. The molecule has 0 unspecified atom stereocenters. The third-order valence-corrected chi connectivity index (χ3v) is 8.00. The molecule has 4 N–H and O–H groups in total. The van der Waals surface area contributed by atoms with Gasteiger partial charge >= 0.3 is 0 Å². The van der Waals surface area contributed by atoms with Crippen LogP contribution in [0, 0.1) is 5.82 Å². The fourth-order valence-corrected chi connectivity index (χ4v) is 6.06. The van der Waals surface area contributed by atoms with Crippen LogP contribution in [0.1, 0.15) is 67.1 Å². The number of aromatic amines is 2. The van der Waals surface area contributed by atoms with Gasteiger partial charge in [-0.2, -0.15) is 0 Å². The summed E-state index contributed by atoms with van der Waals surface area (Å²) in [6, 6.07) is 12.6. The molecule has 4 heterocycles. The van der Waals surface area contributed by atoms with E-state index in [4.69, 9.17) is 4.98 Å². The van der Waals surface area contributed by atoms with Crippen LogP contribution >= 0.6 is 0 Å². The van der Waals surface area contributed by atoms with Crippen molar-refractivity contribution in [1.82, 2.24) is 30.6 Å². The van der Waals surface area contributed by atoms with Crippen molar-refractivity contribution < 1.29 is 4.39 Å². The first-order chi connectivity index (χ1) is 17.7. The van der Waals surface area contributed by atoms with E-state index in [1.165, 1.54) is 23.2 Å². The van der Waals surface area contributed by atoms with Gasteiger partial charge in [-0.05, 0) is 86.9 Å². The Bertz CT molecular complexity index is 1410. The van der Waals surface area contributed by atoms with Crippen LogP contribution in [0.5, 0.6) is 0 Å². The SMILES string of the molecule is Fc1cc(-c2ccc3c(c2)CCCc2[nH]c([C@@H]4CCCN4)nc2-3)ccc1-c1cnc([C@@H]2CCCN2)[nH]1. The lowest BCUT2D eigenvalue weighted by Gasteiger charge is -2.11. The number of benzene rings is 2. The molecule has 2 aliphatic heterocycles. The number of hydrogen-bond acceptors (Lipinski definition) is 4. The van der Waals surface area contributed by atoms with Crippen LogP contribution in [0.15, 0.2) is 42.6 Å². The first-order valence-electron chi connectivity index (χ1n) is 13.3. The molecule has 1 aliphatic carbocycles. The van der Waals surface area contributed by atoms with Crippen molar-refractivity contribution in [2.45, 2.75) is 57.0 Å². The second-order valence-corrected chi connectivity index (χ2v) is 10.3. The molecule has 2 saturated heterocycles. The molecule has 7 heteroatoms. The number of halogens is 1. The van der Waals surface area contributed by atoms with Crippen LogP contribution in [0.3, 0.4) is 0 Å². The fourth-order valence-electron chi connectivity index (χ4n) is 6.06. The Kier molecular flexibility index (Phi) is 5.47. The highest BCUT2D eigenvalue weighted by Gasteiger charge is 2.25. The van der Waals surface area contributed by atoms with Crippen LogP contribution < -0.4 is 10.6 Å². The van der Waals surface area contributed by atoms with E-state index in [0.717, 1.165) is 85.8 Å². The maximum absolute atomic E-state index is 15.3. The largest absolute Gasteiger partial charge is 0.344 e. The van der Waals surface area contributed by atoms with Crippen molar-refractivity contribution >= 4 is 0 Å². The molecule has 0 spiro atoms. The lowest BCUT2D eigenvalue weighted by atomic mass is 9.95. The fraction of sp³-hybridized carbons (Fsp3) is 0.379. The van der Waals surface area contributed by atoms with Gasteiger partial charge in [-0.15, -0.1) is 0 Å². The molecule has 4 aromatic rings. The Morgan fingerprint density at radius 2 is 1.53 bits per heavy atom. The van der Waals surface area contributed by atoms with Crippen molar-refractivity contribution in [3.8, 4) is 33.6 Å². The van der Waals surface area contributed by atoms with E-state index < -0.39 is 0 Å². The van der Waals surface area contributed by atoms with E-state index in [-0.39, 0.29) is 11.9 Å². The Hall–Kier alpha value is -3.29. The monoisotopic (exact) mass is 482 g/mol. The number of aromatic nitrogens is 4. The van der Waals surface area contributed by atoms with Gasteiger partial charge in [0, 0.05) is 16.8 Å². The predicted octanol–water partition coefficient (Wildman–Crippen LogP) is 5.61. The minimum Gasteiger partial charge on any atom is -0.344 e. The maximum atomic E-state index is 15.3. The predicted molar refractivity (Wildman–Crippen MR) is 139 cm³/mol. The Balaban J connectivity index is 1.18. The normalized spacial score (nSPS) is 21.4. The van der Waals surface area contributed by atoms with Crippen molar-refractivity contribution in [1.29, 1.82) is 0 Å². The zero-order valence-electron chi connectivity index (χ0n) is 20.3. The molecule has 184 valence electrons. The molecular formula is C29H31FN6. The summed E-state index contributed by atoms with van der Waals surface area (Å²) in [5, 5.41) is 6.99. The van der Waals surface area contributed by atoms with Crippen LogP contribution in [0.4, 0.5) is 4.39 Å². The first kappa shape index (κ1) is 21.9. The highest BCUT2D eigenvalue weighted by atomic mass is 19.1. The second kappa shape index (κ2) is 8.98. The number of nitrogens with zero attached hydrogens (tertiary/aromatic N) is 2. The van der Waals surface area contributed by atoms with E-state index in [0.29, 0.717) is 11.6 Å². The summed E-state index contributed by atoms with van der Waals surface area (Å²) in [4.78, 5) is 16.5. The topological polar surface area (TPSA) is 81.4 Å². The quantitative estimate of drug-likeness (QED) is 0.305. The molecule has 36 heavy (non-hydrogen) atoms. The summed E-state index contributed by atoms with van der Waals surface area (Å²) in [5.41, 5.74) is 8.03. The molecule has 2 atom stereocenters. The summed E-state index contributed by atoms with van der Waals surface area (Å²) < 4.78 is 15.3. The summed E-state index contributed by atoms with van der Waals surface area (Å²) in [7, 11) is 0. The van der Waals surface area contributed by atoms with Crippen molar-refractivity contribution in [2.75, 3.05) is 13.1 Å². The molecule has 2 aromatic heterocycles. The number of hydrogen-bond donors (Lipinski definition) is 4. The van der Waals surface area contributed by atoms with Gasteiger partial charge in [-0.25, -0.2) is 14.4 Å². The molecule has 3 aliphatic rings. The molecule has 7 rings (SSSR count). The van der Waals surface area contributed by atoms with E-state index >= 15 is 4.39 Å². The first-order valence-corrected chi connectivity index (χ1v) is 13.3. The zero-order valence-corrected chi connectivity index (χ0v) is 20.3. The number of aryl methyl sites for hydroxylation is 2. The van der Waals surface area contributed by atoms with Crippen molar-refractivity contribution in [2.24, 2.45) is 0 Å². The lowest BCUT2D eigenvalue weighted by molar-refractivity contribution is 0.610. The van der Waals surface area contributed by atoms with Crippen LogP contribution in [0.2, 0.25) is 0 Å². The van der Waals surface area contributed by atoms with E-state index in [9.17, 15) is 0 Å². The van der Waals surface area contributed by atoms with Gasteiger partial charge in [0.25, 0.3) is 0 Å². The molecule has 2 fully saturated rings. The average Bonchev–Trinajstić information content (AvgIpc) is 3.70. The molecule has 6 nitrogen and oxygen atoms in total. The molecule has 2 aromatic carbocycles. The third kappa shape index (κ3) is 3.87. The Labute approximate surface area is 210 Å². The lowest BCUT2D eigenvalue weighted by Crippen LogP contribution is -2.14. The van der Waals surface area contributed by atoms with Crippen LogP contribution in [-0.4, -0.2) is 33.0 Å². The van der Waals surface area contributed by atoms with E-state index in [1.807, 2.05) is 12.1 Å². The zero-order chi connectivity index (χ0) is 24.1. The minimum atomic E-state index is -0.236. The van der Waals surface area contributed by atoms with Gasteiger partial charge in [0.05, 0.1) is 29.7 Å². The van der Waals surface area contributed by atoms with Gasteiger partial charge < -0.3 is 20.6 Å². The van der Waals surface area contributed by atoms with Gasteiger partial charge in [0.2, 0.25) is 0 Å². The summed E-state index contributed by atoms with van der Waals surface area (Å²) >= 11 is 0. The van der Waals surface area contributed by atoms with E-state index in [1.54, 1.807) is 12.3 Å². The number of fused-ring (bicyclic) bond motifs is 3. The number of nitrogens with one attached hydrogen (secondary N) is 4. The number of H-pyrrole nitrogens is 2. The number of rotatable bonds is 4. The van der Waals surface area contributed by atoms with Gasteiger partial charge in [-0.3, -0.25) is 0 Å². The number of imidazole rings is 2. The van der Waals surface area contributed by atoms with Crippen LogP contribution in [-0.2, 0) is 12.8 Å². The van der Waals surface area contributed by atoms with Crippen molar-refractivity contribution in [3.63, 3.8) is 0 Å². The minimum absolute atomic E-state index is 0.236. The Morgan fingerprint density at radius 3 is 2.28 bits per heavy atom. The average molecular weight is 483 g/mol. The van der Waals surface area contributed by atoms with Crippen LogP contribution in [0.25, 0.3) is 33.6 Å².